The molecule has 20 heavy (non-hydrogen) atoms. The van der Waals surface area contributed by atoms with E-state index in [1.807, 2.05) is 24.4 Å². The van der Waals surface area contributed by atoms with Crippen LogP contribution in [0.4, 0.5) is 5.69 Å². The lowest BCUT2D eigenvalue weighted by Gasteiger charge is -2.06. The quantitative estimate of drug-likeness (QED) is 0.883. The van der Waals surface area contributed by atoms with Gasteiger partial charge in [0.1, 0.15) is 0 Å². The largest absolute Gasteiger partial charge is 0.481 e. The summed E-state index contributed by atoms with van der Waals surface area (Å²) in [7, 11) is 0. The van der Waals surface area contributed by atoms with E-state index in [0.29, 0.717) is 12.1 Å². The van der Waals surface area contributed by atoms with E-state index in [1.165, 1.54) is 0 Å². The number of carbonyl (C=O) groups is 2. The molecule has 2 N–H and O–H groups in total. The van der Waals surface area contributed by atoms with Gasteiger partial charge in [0.2, 0.25) is 5.91 Å². The predicted octanol–water partition coefficient (Wildman–Crippen LogP) is 1.53. The third kappa shape index (κ3) is 2.40. The number of hydrogen-bond donors (Lipinski definition) is 2. The lowest BCUT2D eigenvalue weighted by atomic mass is 10.2. The number of carboxylic acids is 1. The van der Waals surface area contributed by atoms with Gasteiger partial charge in [-0.15, -0.1) is 0 Å². The molecule has 0 bridgehead atoms. The summed E-state index contributed by atoms with van der Waals surface area (Å²) < 4.78 is 1.72. The number of nitrogens with zero attached hydrogens (tertiary/aromatic N) is 2. The Kier molecular flexibility index (Phi) is 2.98. The average molecular weight is 271 g/mol. The van der Waals surface area contributed by atoms with E-state index >= 15 is 0 Å². The Morgan fingerprint density at radius 1 is 1.25 bits per heavy atom. The van der Waals surface area contributed by atoms with Gasteiger partial charge < -0.3 is 10.4 Å². The molecule has 0 aliphatic heterocycles. The average Bonchev–Trinajstić information content (AvgIpc) is 3.07. The molecule has 0 spiro atoms. The Labute approximate surface area is 115 Å². The number of amides is 1. The second kappa shape index (κ2) is 4.80. The van der Waals surface area contributed by atoms with Crippen molar-refractivity contribution in [3.05, 3.63) is 42.7 Å². The molecule has 0 saturated heterocycles. The first-order chi connectivity index (χ1) is 9.65. The molecule has 2 unspecified atom stereocenters. The van der Waals surface area contributed by atoms with Crippen molar-refractivity contribution < 1.29 is 14.7 Å². The normalized spacial score (nSPS) is 20.4. The van der Waals surface area contributed by atoms with Crippen LogP contribution in [0, 0.1) is 11.8 Å². The number of aliphatic carboxylic acids is 1. The maximum atomic E-state index is 11.8. The summed E-state index contributed by atoms with van der Waals surface area (Å²) in [5, 5.41) is 15.6. The zero-order chi connectivity index (χ0) is 14.1. The van der Waals surface area contributed by atoms with Crippen molar-refractivity contribution in [2.24, 2.45) is 11.8 Å². The van der Waals surface area contributed by atoms with Crippen LogP contribution in [0.5, 0.6) is 0 Å². The lowest BCUT2D eigenvalue weighted by molar-refractivity contribution is -0.139. The molecule has 1 aliphatic rings. The van der Waals surface area contributed by atoms with E-state index < -0.39 is 17.8 Å². The number of carboxylic acid groups (broad SMARTS) is 1. The molecule has 6 nitrogen and oxygen atoms in total. The Morgan fingerprint density at radius 3 is 2.55 bits per heavy atom. The molecule has 3 rings (SSSR count). The molecule has 6 heteroatoms. The number of benzene rings is 1. The van der Waals surface area contributed by atoms with E-state index in [4.69, 9.17) is 5.11 Å². The van der Waals surface area contributed by atoms with Crippen LogP contribution < -0.4 is 5.32 Å². The molecule has 1 aromatic carbocycles. The highest BCUT2D eigenvalue weighted by molar-refractivity contribution is 5.98. The van der Waals surface area contributed by atoms with Gasteiger partial charge in [-0.05, 0) is 36.8 Å². The zero-order valence-electron chi connectivity index (χ0n) is 10.6. The molecule has 1 fully saturated rings. The molecule has 0 radical (unpaired) electrons. The Hall–Kier alpha value is -2.63. The van der Waals surface area contributed by atoms with Crippen molar-refractivity contribution in [2.45, 2.75) is 6.42 Å². The highest BCUT2D eigenvalue weighted by Crippen LogP contribution is 2.39. The Bertz CT molecular complexity index is 634. The summed E-state index contributed by atoms with van der Waals surface area (Å²) in [6.07, 6.45) is 3.94. The fourth-order valence-electron chi connectivity index (χ4n) is 2.11. The lowest BCUT2D eigenvalue weighted by Crippen LogP contribution is -2.16. The second-order valence-electron chi connectivity index (χ2n) is 4.77. The molecule has 1 saturated carbocycles. The number of carbonyl (C=O) groups excluding carboxylic acids is 1. The second-order valence-corrected chi connectivity index (χ2v) is 4.77. The van der Waals surface area contributed by atoms with Crippen LogP contribution in [-0.2, 0) is 9.59 Å². The van der Waals surface area contributed by atoms with Crippen molar-refractivity contribution in [3.8, 4) is 5.69 Å². The van der Waals surface area contributed by atoms with Gasteiger partial charge in [0, 0.05) is 18.1 Å². The van der Waals surface area contributed by atoms with Gasteiger partial charge >= 0.3 is 5.97 Å². The van der Waals surface area contributed by atoms with E-state index in [2.05, 4.69) is 10.4 Å². The Morgan fingerprint density at radius 2 is 2.00 bits per heavy atom. The van der Waals surface area contributed by atoms with E-state index in [-0.39, 0.29) is 5.91 Å². The molecule has 102 valence electrons. The van der Waals surface area contributed by atoms with E-state index in [9.17, 15) is 9.59 Å². The highest BCUT2D eigenvalue weighted by Gasteiger charge is 2.48. The van der Waals surface area contributed by atoms with Crippen molar-refractivity contribution >= 4 is 17.6 Å². The third-order valence-corrected chi connectivity index (χ3v) is 3.35. The van der Waals surface area contributed by atoms with Crippen molar-refractivity contribution in [2.75, 3.05) is 5.32 Å². The first-order valence-electron chi connectivity index (χ1n) is 6.29. The molecule has 1 heterocycles. The third-order valence-electron chi connectivity index (χ3n) is 3.35. The smallest absolute Gasteiger partial charge is 0.307 e. The van der Waals surface area contributed by atoms with Crippen LogP contribution in [0.25, 0.3) is 5.69 Å². The summed E-state index contributed by atoms with van der Waals surface area (Å²) in [5.41, 5.74) is 1.55. The summed E-state index contributed by atoms with van der Waals surface area (Å²) >= 11 is 0. The molecular weight excluding hydrogens is 258 g/mol. The van der Waals surface area contributed by atoms with Crippen molar-refractivity contribution in [1.29, 1.82) is 0 Å². The van der Waals surface area contributed by atoms with Crippen molar-refractivity contribution in [1.82, 2.24) is 9.78 Å². The summed E-state index contributed by atoms with van der Waals surface area (Å²) in [5.74, 6) is -2.07. The van der Waals surface area contributed by atoms with Crippen LogP contribution in [-0.4, -0.2) is 26.8 Å². The van der Waals surface area contributed by atoms with Gasteiger partial charge in [0.15, 0.2) is 0 Å². The topological polar surface area (TPSA) is 84.2 Å². The Balaban J connectivity index is 1.64. The van der Waals surface area contributed by atoms with Gasteiger partial charge in [-0.3, -0.25) is 9.59 Å². The minimum absolute atomic E-state index is 0.232. The van der Waals surface area contributed by atoms with Gasteiger partial charge in [0.05, 0.1) is 17.5 Å². The number of rotatable bonds is 4. The van der Waals surface area contributed by atoms with Crippen LogP contribution in [0.3, 0.4) is 0 Å². The number of hydrogen-bond acceptors (Lipinski definition) is 3. The summed E-state index contributed by atoms with van der Waals surface area (Å²) in [4.78, 5) is 22.5. The summed E-state index contributed by atoms with van der Waals surface area (Å²) in [6.45, 7) is 0. The zero-order valence-corrected chi connectivity index (χ0v) is 10.6. The number of nitrogens with one attached hydrogen (secondary N) is 1. The van der Waals surface area contributed by atoms with Crippen molar-refractivity contribution in [3.63, 3.8) is 0 Å². The fourth-order valence-corrected chi connectivity index (χ4v) is 2.11. The minimum Gasteiger partial charge on any atom is -0.481 e. The number of anilines is 1. The molecule has 1 amide bonds. The molecule has 1 aliphatic carbocycles. The monoisotopic (exact) mass is 271 g/mol. The number of aromatic nitrogens is 2. The van der Waals surface area contributed by atoms with E-state index in [0.717, 1.165) is 5.69 Å². The van der Waals surface area contributed by atoms with E-state index in [1.54, 1.807) is 23.0 Å². The molecule has 1 aromatic heterocycles. The fraction of sp³-hybridized carbons (Fsp3) is 0.214. The molecular formula is C14H13N3O3. The molecule has 2 aromatic rings. The first-order valence-corrected chi connectivity index (χ1v) is 6.29. The maximum Gasteiger partial charge on any atom is 0.307 e. The summed E-state index contributed by atoms with van der Waals surface area (Å²) in [6, 6.07) is 9.04. The highest BCUT2D eigenvalue weighted by atomic mass is 16.4. The van der Waals surface area contributed by atoms with Gasteiger partial charge in [0.25, 0.3) is 0 Å². The van der Waals surface area contributed by atoms with Crippen LogP contribution in [0.2, 0.25) is 0 Å². The van der Waals surface area contributed by atoms with Crippen LogP contribution in [0.15, 0.2) is 42.7 Å². The van der Waals surface area contributed by atoms with Gasteiger partial charge in [-0.25, -0.2) is 4.68 Å². The first kappa shape index (κ1) is 12.4. The maximum absolute atomic E-state index is 11.8. The minimum atomic E-state index is -0.904. The van der Waals surface area contributed by atoms with Gasteiger partial charge in [-0.2, -0.15) is 5.10 Å². The predicted molar refractivity (Wildman–Crippen MR) is 71.4 cm³/mol. The SMILES string of the molecule is O=C(O)C1CC1C(=O)Nc1ccc(-n2cccn2)cc1. The van der Waals surface area contributed by atoms with Crippen LogP contribution >= 0.6 is 0 Å². The molecule has 2 atom stereocenters. The standard InChI is InChI=1S/C14H13N3O3/c18-13(11-8-12(11)14(19)20)16-9-2-4-10(5-3-9)17-7-1-6-15-17/h1-7,11-12H,8H2,(H,16,18)(H,19,20). The van der Waals surface area contributed by atoms with Crippen LogP contribution in [0.1, 0.15) is 6.42 Å². The van der Waals surface area contributed by atoms with Gasteiger partial charge in [-0.1, -0.05) is 0 Å².